The summed E-state index contributed by atoms with van der Waals surface area (Å²) in [4.78, 5) is 50.9. The number of nitrogens with zero attached hydrogens (tertiary/aromatic N) is 2. The monoisotopic (exact) mass is 393 g/mol. The summed E-state index contributed by atoms with van der Waals surface area (Å²) in [7, 11) is 0. The second-order valence-corrected chi connectivity index (χ2v) is 7.87. The molecule has 0 radical (unpaired) electrons. The fourth-order valence-electron chi connectivity index (χ4n) is 4.65. The zero-order valence-corrected chi connectivity index (χ0v) is 15.6. The van der Waals surface area contributed by atoms with Gasteiger partial charge in [0, 0.05) is 30.5 Å². The van der Waals surface area contributed by atoms with Crippen LogP contribution in [0, 0.1) is 5.92 Å². The molecule has 0 aliphatic carbocycles. The number of anilines is 1. The van der Waals surface area contributed by atoms with Crippen LogP contribution in [0.5, 0.6) is 0 Å². The smallest absolute Gasteiger partial charge is 0.407 e. The number of carboxylic acid groups (broad SMARTS) is 1. The van der Waals surface area contributed by atoms with Crippen LogP contribution in [0.1, 0.15) is 28.8 Å². The number of likely N-dealkylation sites (tertiary alicyclic amines) is 1. The van der Waals surface area contributed by atoms with E-state index in [0.29, 0.717) is 30.8 Å². The number of carbonyl (C=O) groups is 4. The molecule has 8 nitrogen and oxygen atoms in total. The summed E-state index contributed by atoms with van der Waals surface area (Å²) in [6.45, 7) is 1.03. The summed E-state index contributed by atoms with van der Waals surface area (Å²) in [5.74, 6) is -0.723. The molecule has 4 amide bonds. The molecule has 0 aromatic heterocycles. The van der Waals surface area contributed by atoms with E-state index in [0.717, 1.165) is 22.8 Å². The van der Waals surface area contributed by atoms with Gasteiger partial charge in [-0.05, 0) is 41.8 Å². The largest absolute Gasteiger partial charge is 0.465 e. The molecule has 2 N–H and O–H groups in total. The van der Waals surface area contributed by atoms with E-state index in [1.807, 2.05) is 24.3 Å². The van der Waals surface area contributed by atoms with Gasteiger partial charge in [0.25, 0.3) is 5.91 Å². The molecule has 0 saturated carbocycles. The van der Waals surface area contributed by atoms with Gasteiger partial charge in [0.2, 0.25) is 11.8 Å². The summed E-state index contributed by atoms with van der Waals surface area (Å²) < 4.78 is 0. The number of nitrogens with one attached hydrogen (secondary N) is 1. The molecule has 3 heterocycles. The average molecular weight is 393 g/mol. The van der Waals surface area contributed by atoms with Crippen molar-refractivity contribution < 1.29 is 24.3 Å². The van der Waals surface area contributed by atoms with Gasteiger partial charge in [-0.2, -0.15) is 0 Å². The first-order valence-corrected chi connectivity index (χ1v) is 9.64. The van der Waals surface area contributed by atoms with Crippen LogP contribution < -0.4 is 10.2 Å². The second kappa shape index (κ2) is 6.30. The zero-order valence-electron chi connectivity index (χ0n) is 15.6. The highest BCUT2D eigenvalue weighted by Gasteiger charge is 2.41. The number of carbonyl (C=O) groups excluding carboxylic acids is 3. The van der Waals surface area contributed by atoms with E-state index < -0.39 is 18.0 Å². The van der Waals surface area contributed by atoms with Crippen LogP contribution >= 0.6 is 0 Å². The standard InChI is InChI=1S/C21H19N3O5/c25-17-7-6-16(19(26)22-17)24-15-5-4-12(8-11-9-23(10-11)21(28)29)13-2-1-3-14(18(13)15)20(24)27/h1-5,11,16H,6-10H2,(H,28,29)(H,22,25,26). The maximum atomic E-state index is 13.1. The van der Waals surface area contributed by atoms with Crippen molar-refractivity contribution in [2.24, 2.45) is 5.92 Å². The Morgan fingerprint density at radius 3 is 2.66 bits per heavy atom. The van der Waals surface area contributed by atoms with Gasteiger partial charge in [-0.1, -0.05) is 18.2 Å². The highest BCUT2D eigenvalue weighted by Crippen LogP contribution is 2.41. The molecule has 1 atom stereocenters. The number of benzene rings is 2. The summed E-state index contributed by atoms with van der Waals surface area (Å²) in [6, 6.07) is 8.69. The molecule has 5 rings (SSSR count). The van der Waals surface area contributed by atoms with Crippen molar-refractivity contribution >= 4 is 40.3 Å². The van der Waals surface area contributed by atoms with Crippen LogP contribution in [0.2, 0.25) is 0 Å². The van der Waals surface area contributed by atoms with Crippen LogP contribution in [0.25, 0.3) is 10.8 Å². The van der Waals surface area contributed by atoms with Crippen molar-refractivity contribution in [2.75, 3.05) is 18.0 Å². The first-order valence-electron chi connectivity index (χ1n) is 9.64. The number of imide groups is 1. The fraction of sp³-hybridized carbons (Fsp3) is 0.333. The predicted octanol–water partition coefficient (Wildman–Crippen LogP) is 1.76. The normalized spacial score (nSPS) is 21.5. The Bertz CT molecular complexity index is 1090. The van der Waals surface area contributed by atoms with Gasteiger partial charge in [-0.3, -0.25) is 24.6 Å². The Hall–Kier alpha value is -3.42. The van der Waals surface area contributed by atoms with E-state index in [-0.39, 0.29) is 24.2 Å². The van der Waals surface area contributed by atoms with Crippen LogP contribution in [0.4, 0.5) is 10.5 Å². The van der Waals surface area contributed by atoms with E-state index in [1.54, 1.807) is 6.07 Å². The molecule has 3 aliphatic heterocycles. The molecule has 2 aromatic carbocycles. The summed E-state index contributed by atoms with van der Waals surface area (Å²) in [5.41, 5.74) is 2.32. The third-order valence-corrected chi connectivity index (χ3v) is 6.08. The maximum Gasteiger partial charge on any atom is 0.407 e. The molecule has 2 saturated heterocycles. The molecule has 0 bridgehead atoms. The molecule has 8 heteroatoms. The highest BCUT2D eigenvalue weighted by atomic mass is 16.4. The van der Waals surface area contributed by atoms with Gasteiger partial charge in [0.05, 0.1) is 5.69 Å². The van der Waals surface area contributed by atoms with Gasteiger partial charge in [0.15, 0.2) is 0 Å². The SMILES string of the molecule is O=C1CCC(N2C(=O)c3cccc4c(CC5CN(C(=O)O)C5)ccc2c34)C(=O)N1. The Morgan fingerprint density at radius 2 is 1.93 bits per heavy atom. The van der Waals surface area contributed by atoms with Gasteiger partial charge >= 0.3 is 6.09 Å². The van der Waals surface area contributed by atoms with Gasteiger partial charge < -0.3 is 10.0 Å². The van der Waals surface area contributed by atoms with Crippen LogP contribution in [0.3, 0.4) is 0 Å². The van der Waals surface area contributed by atoms with Crippen molar-refractivity contribution in [3.8, 4) is 0 Å². The minimum absolute atomic E-state index is 0.208. The molecular weight excluding hydrogens is 374 g/mol. The lowest BCUT2D eigenvalue weighted by Crippen LogP contribution is -2.53. The van der Waals surface area contributed by atoms with E-state index in [9.17, 15) is 19.2 Å². The van der Waals surface area contributed by atoms with E-state index in [1.165, 1.54) is 9.80 Å². The van der Waals surface area contributed by atoms with Crippen molar-refractivity contribution in [1.82, 2.24) is 10.2 Å². The molecule has 29 heavy (non-hydrogen) atoms. The fourth-order valence-corrected chi connectivity index (χ4v) is 4.65. The summed E-state index contributed by atoms with van der Waals surface area (Å²) in [6.07, 6.45) is 0.351. The first kappa shape index (κ1) is 17.7. The van der Waals surface area contributed by atoms with Crippen molar-refractivity contribution in [3.63, 3.8) is 0 Å². The van der Waals surface area contributed by atoms with Gasteiger partial charge in [-0.15, -0.1) is 0 Å². The molecule has 2 aromatic rings. The molecule has 1 unspecified atom stereocenters. The third kappa shape index (κ3) is 2.66. The lowest BCUT2D eigenvalue weighted by molar-refractivity contribution is -0.134. The number of rotatable bonds is 3. The number of piperidine rings is 1. The first-order chi connectivity index (χ1) is 13.9. The van der Waals surface area contributed by atoms with Crippen LogP contribution in [-0.4, -0.2) is 53.0 Å². The molecule has 2 fully saturated rings. The lowest BCUT2D eigenvalue weighted by Gasteiger charge is -2.37. The summed E-state index contributed by atoms with van der Waals surface area (Å²) >= 11 is 0. The zero-order chi connectivity index (χ0) is 20.3. The number of amides is 4. The van der Waals surface area contributed by atoms with Crippen molar-refractivity contribution in [1.29, 1.82) is 0 Å². The number of hydrogen-bond acceptors (Lipinski definition) is 4. The Labute approximate surface area is 166 Å². The molecular formula is C21H19N3O5. The van der Waals surface area contributed by atoms with Crippen molar-refractivity contribution in [2.45, 2.75) is 25.3 Å². The summed E-state index contributed by atoms with van der Waals surface area (Å²) in [5, 5.41) is 13.1. The van der Waals surface area contributed by atoms with Gasteiger partial charge in [0.1, 0.15) is 6.04 Å². The second-order valence-electron chi connectivity index (χ2n) is 7.87. The average Bonchev–Trinajstić information content (AvgIpc) is 2.93. The lowest BCUT2D eigenvalue weighted by atomic mass is 9.89. The molecule has 0 spiro atoms. The molecule has 3 aliphatic rings. The Balaban J connectivity index is 1.50. The Morgan fingerprint density at radius 1 is 1.14 bits per heavy atom. The van der Waals surface area contributed by atoms with Crippen LogP contribution in [0.15, 0.2) is 30.3 Å². The maximum absolute atomic E-state index is 13.1. The minimum Gasteiger partial charge on any atom is -0.465 e. The van der Waals surface area contributed by atoms with E-state index in [4.69, 9.17) is 5.11 Å². The number of hydrogen-bond donors (Lipinski definition) is 2. The quantitative estimate of drug-likeness (QED) is 0.773. The van der Waals surface area contributed by atoms with Crippen LogP contribution in [-0.2, 0) is 16.0 Å². The van der Waals surface area contributed by atoms with E-state index >= 15 is 0 Å². The minimum atomic E-state index is -0.896. The highest BCUT2D eigenvalue weighted by molar-refractivity contribution is 6.27. The topological polar surface area (TPSA) is 107 Å². The van der Waals surface area contributed by atoms with Gasteiger partial charge in [-0.25, -0.2) is 4.79 Å². The van der Waals surface area contributed by atoms with E-state index in [2.05, 4.69) is 5.32 Å². The predicted molar refractivity (Wildman–Crippen MR) is 104 cm³/mol. The van der Waals surface area contributed by atoms with Crippen molar-refractivity contribution in [3.05, 3.63) is 41.5 Å². The Kier molecular flexibility index (Phi) is 3.84. The third-order valence-electron chi connectivity index (χ3n) is 6.08. The molecule has 148 valence electrons.